The van der Waals surface area contributed by atoms with Gasteiger partial charge >= 0.3 is 0 Å². The smallest absolute Gasteiger partial charge is 0.123 e. The fourth-order valence-corrected chi connectivity index (χ4v) is 2.22. The van der Waals surface area contributed by atoms with E-state index in [1.54, 1.807) is 12.1 Å². The lowest BCUT2D eigenvalue weighted by atomic mass is 9.97. The standard InChI is InChI=1S/C17H16FN/c1-3-13-19(2)17(14-7-5-4-6-8-14)15-9-11-16(18)12-10-15/h1,4-12,17H,13H2,2H3. The molecule has 1 unspecified atom stereocenters. The van der Waals surface area contributed by atoms with Gasteiger partial charge in [-0.2, -0.15) is 0 Å². The Morgan fingerprint density at radius 3 is 2.21 bits per heavy atom. The van der Waals surface area contributed by atoms with Crippen LogP contribution >= 0.6 is 0 Å². The highest BCUT2D eigenvalue weighted by atomic mass is 19.1. The topological polar surface area (TPSA) is 3.24 Å². The minimum Gasteiger partial charge on any atom is -0.284 e. The van der Waals surface area contributed by atoms with Crippen LogP contribution in [0.3, 0.4) is 0 Å². The summed E-state index contributed by atoms with van der Waals surface area (Å²) < 4.78 is 13.1. The van der Waals surface area contributed by atoms with E-state index in [1.165, 1.54) is 12.1 Å². The number of nitrogens with zero attached hydrogens (tertiary/aromatic N) is 1. The van der Waals surface area contributed by atoms with Gasteiger partial charge in [-0.1, -0.05) is 48.4 Å². The fraction of sp³-hybridized carbons (Fsp3) is 0.176. The first kappa shape index (κ1) is 13.3. The Bertz CT molecular complexity index is 554. The average molecular weight is 253 g/mol. The van der Waals surface area contributed by atoms with Crippen LogP contribution in [0.25, 0.3) is 0 Å². The summed E-state index contributed by atoms with van der Waals surface area (Å²) >= 11 is 0. The zero-order valence-corrected chi connectivity index (χ0v) is 10.9. The molecule has 0 bridgehead atoms. The minimum atomic E-state index is -0.227. The molecule has 2 heteroatoms. The molecule has 0 amide bonds. The van der Waals surface area contributed by atoms with Crippen molar-refractivity contribution in [2.45, 2.75) is 6.04 Å². The summed E-state index contributed by atoms with van der Waals surface area (Å²) in [5, 5.41) is 0. The van der Waals surface area contributed by atoms with Gasteiger partial charge in [0.05, 0.1) is 12.6 Å². The molecule has 2 aromatic carbocycles. The van der Waals surface area contributed by atoms with Gasteiger partial charge in [0.15, 0.2) is 0 Å². The number of hydrogen-bond acceptors (Lipinski definition) is 1. The van der Waals surface area contributed by atoms with E-state index in [1.807, 2.05) is 25.2 Å². The second-order valence-electron chi connectivity index (χ2n) is 4.48. The van der Waals surface area contributed by atoms with E-state index >= 15 is 0 Å². The molecular weight excluding hydrogens is 237 g/mol. The van der Waals surface area contributed by atoms with Crippen molar-refractivity contribution in [3.63, 3.8) is 0 Å². The maximum atomic E-state index is 13.1. The van der Waals surface area contributed by atoms with E-state index in [4.69, 9.17) is 6.42 Å². The molecule has 19 heavy (non-hydrogen) atoms. The van der Waals surface area contributed by atoms with Crippen LogP contribution in [0.2, 0.25) is 0 Å². The normalized spacial score (nSPS) is 12.1. The largest absolute Gasteiger partial charge is 0.284 e. The number of benzene rings is 2. The number of terminal acetylenes is 1. The summed E-state index contributed by atoms with van der Waals surface area (Å²) in [7, 11) is 1.97. The molecule has 96 valence electrons. The van der Waals surface area contributed by atoms with Crippen LogP contribution < -0.4 is 0 Å². The lowest BCUT2D eigenvalue weighted by molar-refractivity contribution is 0.313. The summed E-state index contributed by atoms with van der Waals surface area (Å²) in [6, 6.07) is 16.7. The summed E-state index contributed by atoms with van der Waals surface area (Å²) in [6.07, 6.45) is 5.40. The van der Waals surface area contributed by atoms with E-state index in [9.17, 15) is 4.39 Å². The molecule has 1 atom stereocenters. The Kier molecular flexibility index (Phi) is 4.33. The van der Waals surface area contributed by atoms with E-state index < -0.39 is 0 Å². The van der Waals surface area contributed by atoms with Crippen molar-refractivity contribution < 1.29 is 4.39 Å². The monoisotopic (exact) mass is 253 g/mol. The molecule has 0 fully saturated rings. The van der Waals surface area contributed by atoms with E-state index in [0.717, 1.165) is 11.1 Å². The average Bonchev–Trinajstić information content (AvgIpc) is 2.43. The zero-order valence-electron chi connectivity index (χ0n) is 10.9. The molecule has 0 aromatic heterocycles. The third kappa shape index (κ3) is 3.21. The quantitative estimate of drug-likeness (QED) is 0.754. The van der Waals surface area contributed by atoms with Gasteiger partial charge in [0.1, 0.15) is 5.82 Å². The molecular formula is C17H16FN. The Hall–Kier alpha value is -2.11. The number of hydrogen-bond donors (Lipinski definition) is 0. The Labute approximate surface area is 113 Å². The summed E-state index contributed by atoms with van der Waals surface area (Å²) in [4.78, 5) is 2.07. The molecule has 0 saturated heterocycles. The van der Waals surface area contributed by atoms with Crippen LogP contribution in [-0.4, -0.2) is 18.5 Å². The van der Waals surface area contributed by atoms with E-state index in [2.05, 4.69) is 23.0 Å². The van der Waals surface area contributed by atoms with Crippen molar-refractivity contribution in [2.24, 2.45) is 0 Å². The van der Waals surface area contributed by atoms with Gasteiger partial charge in [-0.25, -0.2) is 4.39 Å². The Morgan fingerprint density at radius 1 is 1.05 bits per heavy atom. The van der Waals surface area contributed by atoms with Gasteiger partial charge in [-0.3, -0.25) is 4.90 Å². The lowest BCUT2D eigenvalue weighted by Gasteiger charge is -2.27. The Balaban J connectivity index is 2.40. The number of halogens is 1. The molecule has 0 N–H and O–H groups in total. The van der Waals surface area contributed by atoms with Crippen molar-refractivity contribution in [1.82, 2.24) is 4.90 Å². The van der Waals surface area contributed by atoms with E-state index in [-0.39, 0.29) is 11.9 Å². The second kappa shape index (κ2) is 6.17. The molecule has 2 rings (SSSR count). The second-order valence-corrected chi connectivity index (χ2v) is 4.48. The lowest BCUT2D eigenvalue weighted by Crippen LogP contribution is -2.25. The minimum absolute atomic E-state index is 0.0397. The van der Waals surface area contributed by atoms with Crippen molar-refractivity contribution in [3.8, 4) is 12.3 Å². The van der Waals surface area contributed by atoms with Crippen LogP contribution in [0.15, 0.2) is 54.6 Å². The third-order valence-electron chi connectivity index (χ3n) is 3.08. The summed E-state index contributed by atoms with van der Waals surface area (Å²) in [5.74, 6) is 2.42. The van der Waals surface area contributed by atoms with Gasteiger partial charge in [0, 0.05) is 0 Å². The van der Waals surface area contributed by atoms with Crippen molar-refractivity contribution in [2.75, 3.05) is 13.6 Å². The molecule has 0 spiro atoms. The Morgan fingerprint density at radius 2 is 1.63 bits per heavy atom. The molecule has 1 nitrogen and oxygen atoms in total. The van der Waals surface area contributed by atoms with Crippen LogP contribution in [0.1, 0.15) is 17.2 Å². The fourth-order valence-electron chi connectivity index (χ4n) is 2.22. The van der Waals surface area contributed by atoms with Gasteiger partial charge in [0.2, 0.25) is 0 Å². The molecule has 0 radical (unpaired) electrons. The van der Waals surface area contributed by atoms with Gasteiger partial charge < -0.3 is 0 Å². The number of rotatable bonds is 4. The van der Waals surface area contributed by atoms with Gasteiger partial charge in [0.25, 0.3) is 0 Å². The highest BCUT2D eigenvalue weighted by Crippen LogP contribution is 2.27. The van der Waals surface area contributed by atoms with Gasteiger partial charge in [-0.05, 0) is 30.3 Å². The first-order chi connectivity index (χ1) is 9.22. The molecule has 2 aromatic rings. The van der Waals surface area contributed by atoms with Crippen molar-refractivity contribution >= 4 is 0 Å². The van der Waals surface area contributed by atoms with Crippen LogP contribution in [0, 0.1) is 18.2 Å². The van der Waals surface area contributed by atoms with Crippen LogP contribution in [0.4, 0.5) is 4.39 Å². The molecule has 0 saturated carbocycles. The summed E-state index contributed by atoms with van der Waals surface area (Å²) in [6.45, 7) is 0.539. The van der Waals surface area contributed by atoms with Crippen LogP contribution in [-0.2, 0) is 0 Å². The van der Waals surface area contributed by atoms with E-state index in [0.29, 0.717) is 6.54 Å². The first-order valence-electron chi connectivity index (χ1n) is 6.16. The molecule has 0 aliphatic carbocycles. The summed E-state index contributed by atoms with van der Waals surface area (Å²) in [5.41, 5.74) is 2.18. The maximum absolute atomic E-state index is 13.1. The zero-order chi connectivity index (χ0) is 13.7. The van der Waals surface area contributed by atoms with Gasteiger partial charge in [-0.15, -0.1) is 6.42 Å². The third-order valence-corrected chi connectivity index (χ3v) is 3.08. The molecule has 0 heterocycles. The predicted molar refractivity (Wildman–Crippen MR) is 76.1 cm³/mol. The van der Waals surface area contributed by atoms with Crippen molar-refractivity contribution in [1.29, 1.82) is 0 Å². The first-order valence-corrected chi connectivity index (χ1v) is 6.16. The SMILES string of the molecule is C#CCN(C)C(c1ccccc1)c1ccc(F)cc1. The van der Waals surface area contributed by atoms with Crippen LogP contribution in [0.5, 0.6) is 0 Å². The highest BCUT2D eigenvalue weighted by Gasteiger charge is 2.18. The predicted octanol–water partition coefficient (Wildman–Crippen LogP) is 3.48. The molecule has 0 aliphatic heterocycles. The molecule has 0 aliphatic rings. The highest BCUT2D eigenvalue weighted by molar-refractivity contribution is 5.32. The maximum Gasteiger partial charge on any atom is 0.123 e. The van der Waals surface area contributed by atoms with Crippen molar-refractivity contribution in [3.05, 3.63) is 71.5 Å².